The molecule has 0 saturated carbocycles. The molecule has 27 heavy (non-hydrogen) atoms. The zero-order chi connectivity index (χ0) is 18.6. The van der Waals surface area contributed by atoms with Gasteiger partial charge in [-0.25, -0.2) is 0 Å². The lowest BCUT2D eigenvalue weighted by Crippen LogP contribution is -2.39. The van der Waals surface area contributed by atoms with Crippen LogP contribution in [0.3, 0.4) is 0 Å². The first-order chi connectivity index (χ1) is 13.3. The number of nitrogens with one attached hydrogen (secondary N) is 1. The third-order valence-electron chi connectivity index (χ3n) is 4.68. The monoisotopic (exact) mass is 363 g/mol. The summed E-state index contributed by atoms with van der Waals surface area (Å²) in [6.07, 6.45) is 1.76. The van der Waals surface area contributed by atoms with Crippen molar-refractivity contribution in [1.29, 1.82) is 5.26 Å². The minimum atomic E-state index is -0.639. The van der Waals surface area contributed by atoms with Crippen LogP contribution < -0.4 is 5.32 Å². The van der Waals surface area contributed by atoms with E-state index in [2.05, 4.69) is 16.4 Å². The summed E-state index contributed by atoms with van der Waals surface area (Å²) in [7, 11) is 0. The van der Waals surface area contributed by atoms with E-state index in [9.17, 15) is 4.39 Å². The number of benzene rings is 2. The van der Waals surface area contributed by atoms with Crippen LogP contribution in [0, 0.1) is 17.3 Å². The molecule has 0 bridgehead atoms. The highest BCUT2D eigenvalue weighted by Crippen LogP contribution is 2.37. The summed E-state index contributed by atoms with van der Waals surface area (Å²) in [4.78, 5) is 3.62. The molecule has 1 N–H and O–H groups in total. The summed E-state index contributed by atoms with van der Waals surface area (Å²) in [6.45, 7) is 2.25. The Morgan fingerprint density at radius 2 is 2.07 bits per heavy atom. The molecule has 1 atom stereocenters. The van der Waals surface area contributed by atoms with Gasteiger partial charge in [-0.2, -0.15) is 14.6 Å². The van der Waals surface area contributed by atoms with Crippen LogP contribution >= 0.6 is 0 Å². The highest BCUT2D eigenvalue weighted by Gasteiger charge is 2.23. The van der Waals surface area contributed by atoms with E-state index >= 15 is 0 Å². The molecule has 0 radical (unpaired) electrons. The number of nitriles is 1. The first kappa shape index (κ1) is 17.4. The van der Waals surface area contributed by atoms with Gasteiger partial charge in [0.1, 0.15) is 0 Å². The molecule has 5 nitrogen and oxygen atoms in total. The maximum atomic E-state index is 14.3. The van der Waals surface area contributed by atoms with Crippen LogP contribution in [0.5, 0.6) is 0 Å². The average molecular weight is 363 g/mol. The summed E-state index contributed by atoms with van der Waals surface area (Å²) in [5.74, 6) is -0.520. The Morgan fingerprint density at radius 1 is 1.22 bits per heavy atom. The molecule has 6 heteroatoms. The predicted octanol–water partition coefficient (Wildman–Crippen LogP) is 3.55. The third kappa shape index (κ3) is 3.61. The Morgan fingerprint density at radius 3 is 2.74 bits per heavy atom. The fourth-order valence-corrected chi connectivity index (χ4v) is 3.39. The molecule has 0 aliphatic carbocycles. The van der Waals surface area contributed by atoms with E-state index < -0.39 is 5.95 Å². The molecule has 1 aromatic heterocycles. The predicted molar refractivity (Wildman–Crippen MR) is 98.4 cm³/mol. The molecule has 4 rings (SSSR count). The van der Waals surface area contributed by atoms with Crippen LogP contribution in [0.25, 0.3) is 22.5 Å². The van der Waals surface area contributed by atoms with Gasteiger partial charge in [-0.1, -0.05) is 30.3 Å². The molecule has 0 spiro atoms. The lowest BCUT2D eigenvalue weighted by atomic mass is 9.91. The van der Waals surface area contributed by atoms with Crippen LogP contribution in [-0.2, 0) is 11.2 Å². The zero-order valence-electron chi connectivity index (χ0n) is 14.6. The van der Waals surface area contributed by atoms with Crippen molar-refractivity contribution in [2.45, 2.75) is 12.5 Å². The topological polar surface area (TPSA) is 71.1 Å². The number of oxazole rings is 1. The summed E-state index contributed by atoms with van der Waals surface area (Å²) < 4.78 is 25.5. The number of hydrogen-bond acceptors (Lipinski definition) is 5. The number of aromatic nitrogens is 1. The van der Waals surface area contributed by atoms with Gasteiger partial charge in [-0.15, -0.1) is 0 Å². The minimum absolute atomic E-state index is 0.0136. The zero-order valence-corrected chi connectivity index (χ0v) is 14.6. The number of morpholine rings is 1. The second-order valence-electron chi connectivity index (χ2n) is 6.40. The highest BCUT2D eigenvalue weighted by atomic mass is 19.1. The van der Waals surface area contributed by atoms with Gasteiger partial charge in [-0.05, 0) is 28.8 Å². The van der Waals surface area contributed by atoms with Crippen LogP contribution in [0.4, 0.5) is 4.39 Å². The molecule has 0 amide bonds. The van der Waals surface area contributed by atoms with Crippen molar-refractivity contribution in [3.63, 3.8) is 0 Å². The van der Waals surface area contributed by atoms with E-state index in [0.717, 1.165) is 36.2 Å². The van der Waals surface area contributed by atoms with Gasteiger partial charge in [0.25, 0.3) is 5.95 Å². The number of rotatable bonds is 4. The number of ether oxygens (including phenoxy) is 1. The van der Waals surface area contributed by atoms with E-state index in [1.807, 2.05) is 30.3 Å². The largest absolute Gasteiger partial charge is 0.440 e. The molecule has 1 saturated heterocycles. The number of hydrogen-bond donors (Lipinski definition) is 1. The molecule has 1 aliphatic rings. The fourth-order valence-electron chi connectivity index (χ4n) is 3.39. The van der Waals surface area contributed by atoms with E-state index in [1.54, 1.807) is 12.1 Å². The van der Waals surface area contributed by atoms with Crippen molar-refractivity contribution < 1.29 is 13.5 Å². The van der Waals surface area contributed by atoms with E-state index in [1.165, 1.54) is 0 Å². The molecule has 1 aliphatic heterocycles. The van der Waals surface area contributed by atoms with Crippen molar-refractivity contribution in [2.75, 3.05) is 19.7 Å². The van der Waals surface area contributed by atoms with Gasteiger partial charge in [-0.3, -0.25) is 0 Å². The standard InChI is InChI=1S/C21H18FN3O2/c22-21-20(27-13-25-21)19-16(10-17-12-24-8-9-26-17)2-1-3-18(19)15-6-4-14(11-23)5-7-15/h1-7,13,17,24H,8-10,12H2/t17-/m1/s1. The van der Waals surface area contributed by atoms with E-state index in [-0.39, 0.29) is 11.9 Å². The van der Waals surface area contributed by atoms with Gasteiger partial charge >= 0.3 is 0 Å². The lowest BCUT2D eigenvalue weighted by molar-refractivity contribution is 0.0293. The van der Waals surface area contributed by atoms with Gasteiger partial charge < -0.3 is 14.5 Å². The molecular formula is C21H18FN3O2. The summed E-state index contributed by atoms with van der Waals surface area (Å²) >= 11 is 0. The smallest absolute Gasteiger partial charge is 0.259 e. The lowest BCUT2D eigenvalue weighted by Gasteiger charge is -2.25. The van der Waals surface area contributed by atoms with E-state index in [4.69, 9.17) is 14.4 Å². The Kier molecular flexibility index (Phi) is 4.97. The van der Waals surface area contributed by atoms with Crippen LogP contribution in [0.15, 0.2) is 53.3 Å². The normalized spacial score (nSPS) is 16.8. The SMILES string of the molecule is N#Cc1ccc(-c2cccc(C[C@@H]3CNCCO3)c2-c2ocnc2F)cc1. The molecule has 2 heterocycles. The van der Waals surface area contributed by atoms with Crippen molar-refractivity contribution in [3.8, 4) is 28.5 Å². The Bertz CT molecular complexity index is 970. The van der Waals surface area contributed by atoms with Gasteiger partial charge in [0.15, 0.2) is 12.2 Å². The number of halogens is 1. The van der Waals surface area contributed by atoms with Crippen molar-refractivity contribution >= 4 is 0 Å². The van der Waals surface area contributed by atoms with Crippen molar-refractivity contribution in [1.82, 2.24) is 10.3 Å². The van der Waals surface area contributed by atoms with Crippen molar-refractivity contribution in [2.24, 2.45) is 0 Å². The Hall–Kier alpha value is -3.01. The highest BCUT2D eigenvalue weighted by molar-refractivity contribution is 5.83. The third-order valence-corrected chi connectivity index (χ3v) is 4.68. The second-order valence-corrected chi connectivity index (χ2v) is 6.40. The van der Waals surface area contributed by atoms with Gasteiger partial charge in [0.05, 0.1) is 24.3 Å². The molecule has 0 unspecified atom stereocenters. The molecule has 2 aromatic carbocycles. The summed E-state index contributed by atoms with van der Waals surface area (Å²) in [5.41, 5.74) is 3.89. The molecular weight excluding hydrogens is 345 g/mol. The van der Waals surface area contributed by atoms with Crippen LogP contribution in [-0.4, -0.2) is 30.8 Å². The summed E-state index contributed by atoms with van der Waals surface area (Å²) in [6, 6.07) is 15.1. The first-order valence-electron chi connectivity index (χ1n) is 8.80. The Balaban J connectivity index is 1.81. The molecule has 1 fully saturated rings. The Labute approximate surface area is 156 Å². The maximum Gasteiger partial charge on any atom is 0.259 e. The fraction of sp³-hybridized carbons (Fsp3) is 0.238. The van der Waals surface area contributed by atoms with Crippen molar-refractivity contribution in [3.05, 3.63) is 65.9 Å². The molecule has 3 aromatic rings. The first-order valence-corrected chi connectivity index (χ1v) is 8.80. The quantitative estimate of drug-likeness (QED) is 0.768. The molecule has 136 valence electrons. The van der Waals surface area contributed by atoms with Crippen LogP contribution in [0.2, 0.25) is 0 Å². The van der Waals surface area contributed by atoms with Crippen LogP contribution in [0.1, 0.15) is 11.1 Å². The average Bonchev–Trinajstić information content (AvgIpc) is 3.14. The number of nitrogens with zero attached hydrogens (tertiary/aromatic N) is 2. The second kappa shape index (κ2) is 7.70. The summed E-state index contributed by atoms with van der Waals surface area (Å²) in [5, 5.41) is 12.3. The van der Waals surface area contributed by atoms with Gasteiger partial charge in [0.2, 0.25) is 0 Å². The minimum Gasteiger partial charge on any atom is -0.440 e. The maximum absolute atomic E-state index is 14.3. The van der Waals surface area contributed by atoms with Gasteiger partial charge in [0, 0.05) is 25.1 Å². The van der Waals surface area contributed by atoms with E-state index in [0.29, 0.717) is 24.2 Å².